The number of nitrogens with one attached hydrogen (secondary N) is 2. The van der Waals surface area contributed by atoms with Gasteiger partial charge in [-0.05, 0) is 23.8 Å². The molecular formula is C18H18ClN2+. The molecule has 106 valence electrons. The Morgan fingerprint density at radius 1 is 1.10 bits per heavy atom. The summed E-state index contributed by atoms with van der Waals surface area (Å²) in [5.41, 5.74) is 5.50. The van der Waals surface area contributed by atoms with E-state index in [2.05, 4.69) is 41.4 Å². The summed E-state index contributed by atoms with van der Waals surface area (Å²) in [6.45, 7) is 3.28. The molecular weight excluding hydrogens is 280 g/mol. The highest BCUT2D eigenvalue weighted by molar-refractivity contribution is 6.30. The second kappa shape index (κ2) is 5.21. The minimum absolute atomic E-state index is 0.829. The van der Waals surface area contributed by atoms with E-state index in [-0.39, 0.29) is 0 Å². The Labute approximate surface area is 129 Å². The summed E-state index contributed by atoms with van der Waals surface area (Å²) in [6.07, 6.45) is 1.15. The molecule has 0 aliphatic carbocycles. The average Bonchev–Trinajstić information content (AvgIpc) is 2.85. The lowest BCUT2D eigenvalue weighted by atomic mass is 10.0. The molecule has 0 radical (unpaired) electrons. The van der Waals surface area contributed by atoms with Crippen molar-refractivity contribution in [2.24, 2.45) is 0 Å². The van der Waals surface area contributed by atoms with Crippen LogP contribution in [0.4, 0.5) is 0 Å². The second-order valence-corrected chi connectivity index (χ2v) is 6.30. The molecule has 0 spiro atoms. The first kappa shape index (κ1) is 12.9. The standard InChI is InChI=1S/C18H17ClN2/c19-14-5-3-4-13(10-14)11-21-9-8-16-15-6-1-2-7-17(15)20-18(16)12-21/h1-7,10,20H,8-9,11-12H2/p+1. The Balaban J connectivity index is 1.59. The van der Waals surface area contributed by atoms with Gasteiger partial charge in [-0.3, -0.25) is 0 Å². The molecule has 0 saturated carbocycles. The molecule has 2 aromatic carbocycles. The van der Waals surface area contributed by atoms with Crippen LogP contribution in [0.5, 0.6) is 0 Å². The third kappa shape index (κ3) is 2.45. The number of aromatic nitrogens is 1. The lowest BCUT2D eigenvalue weighted by Gasteiger charge is -2.24. The first-order chi connectivity index (χ1) is 10.3. The predicted octanol–water partition coefficient (Wildman–Crippen LogP) is 2.96. The molecule has 4 rings (SSSR count). The van der Waals surface area contributed by atoms with Crippen molar-refractivity contribution in [2.45, 2.75) is 19.5 Å². The third-order valence-corrected chi connectivity index (χ3v) is 4.64. The Morgan fingerprint density at radius 3 is 2.90 bits per heavy atom. The molecule has 21 heavy (non-hydrogen) atoms. The van der Waals surface area contributed by atoms with Crippen molar-refractivity contribution in [1.29, 1.82) is 0 Å². The van der Waals surface area contributed by atoms with Crippen LogP contribution >= 0.6 is 11.6 Å². The zero-order valence-electron chi connectivity index (χ0n) is 11.8. The summed E-state index contributed by atoms with van der Waals surface area (Å²) >= 11 is 6.08. The third-order valence-electron chi connectivity index (χ3n) is 4.40. The predicted molar refractivity (Wildman–Crippen MR) is 86.7 cm³/mol. The number of halogens is 1. The van der Waals surface area contributed by atoms with Crippen molar-refractivity contribution >= 4 is 22.5 Å². The van der Waals surface area contributed by atoms with Crippen LogP contribution in [0.3, 0.4) is 0 Å². The van der Waals surface area contributed by atoms with Crippen LogP contribution in [0.2, 0.25) is 5.02 Å². The minimum Gasteiger partial charge on any atom is -0.354 e. The molecule has 1 aliphatic rings. The number of aromatic amines is 1. The number of benzene rings is 2. The summed E-state index contributed by atoms with van der Waals surface area (Å²) in [4.78, 5) is 5.19. The summed E-state index contributed by atoms with van der Waals surface area (Å²) in [5.74, 6) is 0. The van der Waals surface area contributed by atoms with Crippen molar-refractivity contribution in [3.8, 4) is 0 Å². The van der Waals surface area contributed by atoms with Crippen molar-refractivity contribution in [2.75, 3.05) is 6.54 Å². The highest BCUT2D eigenvalue weighted by atomic mass is 35.5. The minimum atomic E-state index is 0.829. The zero-order valence-corrected chi connectivity index (χ0v) is 12.6. The van der Waals surface area contributed by atoms with Crippen LogP contribution in [-0.4, -0.2) is 11.5 Å². The van der Waals surface area contributed by atoms with E-state index in [4.69, 9.17) is 11.6 Å². The summed E-state index contributed by atoms with van der Waals surface area (Å²) < 4.78 is 0. The molecule has 2 heterocycles. The van der Waals surface area contributed by atoms with Gasteiger partial charge in [-0.15, -0.1) is 0 Å². The smallest absolute Gasteiger partial charge is 0.118 e. The molecule has 1 aliphatic heterocycles. The van der Waals surface area contributed by atoms with Gasteiger partial charge in [-0.25, -0.2) is 0 Å². The van der Waals surface area contributed by atoms with Gasteiger partial charge in [0.25, 0.3) is 0 Å². The molecule has 0 fully saturated rings. The van der Waals surface area contributed by atoms with Crippen molar-refractivity contribution in [1.82, 2.24) is 4.98 Å². The fourth-order valence-corrected chi connectivity index (χ4v) is 3.63. The van der Waals surface area contributed by atoms with Crippen molar-refractivity contribution in [3.63, 3.8) is 0 Å². The molecule has 3 aromatic rings. The first-order valence-electron chi connectivity index (χ1n) is 7.46. The quantitative estimate of drug-likeness (QED) is 0.725. The molecule has 3 heteroatoms. The largest absolute Gasteiger partial charge is 0.354 e. The van der Waals surface area contributed by atoms with Crippen LogP contribution in [0.15, 0.2) is 48.5 Å². The number of para-hydroxylation sites is 1. The highest BCUT2D eigenvalue weighted by Crippen LogP contribution is 2.23. The van der Waals surface area contributed by atoms with Gasteiger partial charge in [0.05, 0.1) is 12.2 Å². The molecule has 0 saturated heterocycles. The van der Waals surface area contributed by atoms with Gasteiger partial charge in [-0.2, -0.15) is 0 Å². The Bertz CT molecular complexity index is 791. The average molecular weight is 298 g/mol. The molecule has 2 N–H and O–H groups in total. The summed E-state index contributed by atoms with van der Waals surface area (Å²) in [6, 6.07) is 16.8. The molecule has 0 bridgehead atoms. The number of quaternary nitrogens is 1. The molecule has 1 atom stereocenters. The maximum atomic E-state index is 6.08. The van der Waals surface area contributed by atoms with E-state index in [1.54, 1.807) is 4.90 Å². The van der Waals surface area contributed by atoms with Crippen LogP contribution in [-0.2, 0) is 19.5 Å². The molecule has 1 aromatic heterocycles. The lowest BCUT2D eigenvalue weighted by molar-refractivity contribution is -0.929. The van der Waals surface area contributed by atoms with E-state index < -0.39 is 0 Å². The van der Waals surface area contributed by atoms with E-state index in [0.29, 0.717) is 0 Å². The maximum Gasteiger partial charge on any atom is 0.118 e. The summed E-state index contributed by atoms with van der Waals surface area (Å²) in [7, 11) is 0. The fourth-order valence-electron chi connectivity index (χ4n) is 3.42. The molecule has 1 unspecified atom stereocenters. The zero-order chi connectivity index (χ0) is 14.2. The van der Waals surface area contributed by atoms with Crippen LogP contribution in [0, 0.1) is 0 Å². The van der Waals surface area contributed by atoms with E-state index in [9.17, 15) is 0 Å². The van der Waals surface area contributed by atoms with Gasteiger partial charge < -0.3 is 9.88 Å². The van der Waals surface area contributed by atoms with Gasteiger partial charge in [0, 0.05) is 27.9 Å². The van der Waals surface area contributed by atoms with Crippen LogP contribution < -0.4 is 4.90 Å². The van der Waals surface area contributed by atoms with Gasteiger partial charge in [-0.1, -0.05) is 41.9 Å². The van der Waals surface area contributed by atoms with Gasteiger partial charge in [0.15, 0.2) is 0 Å². The monoisotopic (exact) mass is 297 g/mol. The Kier molecular flexibility index (Phi) is 3.21. The second-order valence-electron chi connectivity index (χ2n) is 5.86. The van der Waals surface area contributed by atoms with Gasteiger partial charge in [0.1, 0.15) is 13.1 Å². The number of hydrogen-bond donors (Lipinski definition) is 2. The van der Waals surface area contributed by atoms with E-state index in [0.717, 1.165) is 24.5 Å². The maximum absolute atomic E-state index is 6.08. The van der Waals surface area contributed by atoms with Crippen LogP contribution in [0.1, 0.15) is 16.8 Å². The number of H-pyrrole nitrogens is 1. The normalized spacial score (nSPS) is 17.9. The highest BCUT2D eigenvalue weighted by Gasteiger charge is 2.23. The van der Waals surface area contributed by atoms with Gasteiger partial charge in [0.2, 0.25) is 0 Å². The van der Waals surface area contributed by atoms with Crippen molar-refractivity contribution in [3.05, 3.63) is 70.4 Å². The number of rotatable bonds is 2. The fraction of sp³-hybridized carbons (Fsp3) is 0.222. The molecule has 0 amide bonds. The lowest BCUT2D eigenvalue weighted by Crippen LogP contribution is -3.10. The van der Waals surface area contributed by atoms with E-state index >= 15 is 0 Å². The topological polar surface area (TPSA) is 20.2 Å². The number of fused-ring (bicyclic) bond motifs is 3. The first-order valence-corrected chi connectivity index (χ1v) is 7.84. The molecule has 2 nitrogen and oxygen atoms in total. The Morgan fingerprint density at radius 2 is 2.00 bits per heavy atom. The number of hydrogen-bond acceptors (Lipinski definition) is 0. The van der Waals surface area contributed by atoms with Crippen LogP contribution in [0.25, 0.3) is 10.9 Å². The Hall–Kier alpha value is -1.77. The van der Waals surface area contributed by atoms with E-state index in [1.165, 1.54) is 34.3 Å². The summed E-state index contributed by atoms with van der Waals surface area (Å²) in [5, 5.41) is 2.23. The van der Waals surface area contributed by atoms with Crippen molar-refractivity contribution < 1.29 is 4.90 Å². The SMILES string of the molecule is Clc1cccc(C[NH+]2CCc3c([nH]c4ccccc34)C2)c1. The van der Waals surface area contributed by atoms with E-state index in [1.807, 2.05) is 12.1 Å². The van der Waals surface area contributed by atoms with Gasteiger partial charge >= 0.3 is 0 Å².